The van der Waals surface area contributed by atoms with Gasteiger partial charge in [0.15, 0.2) is 0 Å². The third-order valence-electron chi connectivity index (χ3n) is 2.67. The highest BCUT2D eigenvalue weighted by Gasteiger charge is 2.30. The molecule has 68 valence electrons. The van der Waals surface area contributed by atoms with E-state index in [0.717, 1.165) is 23.4 Å². The molecular weight excluding hydrogens is 176 g/mol. The van der Waals surface area contributed by atoms with Crippen LogP contribution in [0, 0.1) is 0 Å². The van der Waals surface area contributed by atoms with Gasteiger partial charge in [-0.05, 0) is 11.6 Å². The van der Waals surface area contributed by atoms with Crippen LogP contribution in [0.25, 0.3) is 0 Å². The zero-order valence-corrected chi connectivity index (χ0v) is 7.47. The number of carbonyl (C=O) groups excluding carboxylic acids is 1. The molecule has 0 aromatic heterocycles. The minimum atomic E-state index is -0.139. The molecule has 1 aromatic carbocycles. The van der Waals surface area contributed by atoms with Gasteiger partial charge in [0.05, 0.1) is 12.3 Å². The van der Waals surface area contributed by atoms with E-state index in [-0.39, 0.29) is 11.8 Å². The topological polar surface area (TPSA) is 41.8 Å². The summed E-state index contributed by atoms with van der Waals surface area (Å²) in [5.41, 5.74) is 2.61. The van der Waals surface area contributed by atoms with E-state index in [4.69, 9.17) is 0 Å². The number of nitrogens with zero attached hydrogens (tertiary/aromatic N) is 2. The molecule has 0 bridgehead atoms. The van der Waals surface area contributed by atoms with E-state index in [1.807, 2.05) is 24.3 Å². The Labute approximate surface area is 81.2 Å². The summed E-state index contributed by atoms with van der Waals surface area (Å²) in [4.78, 5) is 19.7. The number of hydrogen-bond donors (Lipinski definition) is 0. The molecule has 2 aliphatic heterocycles. The average molecular weight is 184 g/mol. The molecule has 1 aromatic rings. The van der Waals surface area contributed by atoms with Gasteiger partial charge in [-0.15, -0.1) is 0 Å². The van der Waals surface area contributed by atoms with Crippen molar-refractivity contribution >= 4 is 17.8 Å². The van der Waals surface area contributed by atoms with Gasteiger partial charge in [0.2, 0.25) is 0 Å². The van der Waals surface area contributed by atoms with Crippen molar-refractivity contribution in [3.8, 4) is 0 Å². The summed E-state index contributed by atoms with van der Waals surface area (Å²) in [6.45, 7) is 0.725. The van der Waals surface area contributed by atoms with E-state index < -0.39 is 0 Å². The highest BCUT2D eigenvalue weighted by atomic mass is 16.1. The lowest BCUT2D eigenvalue weighted by molar-refractivity contribution is 0.0999. The van der Waals surface area contributed by atoms with Crippen molar-refractivity contribution in [3.63, 3.8) is 0 Å². The summed E-state index contributed by atoms with van der Waals surface area (Å²) in [6.07, 6.45) is 1.71. The van der Waals surface area contributed by atoms with Crippen molar-refractivity contribution < 1.29 is 4.79 Å². The number of carbonyl (C=O) groups is 1. The highest BCUT2D eigenvalue weighted by Crippen LogP contribution is 2.29. The van der Waals surface area contributed by atoms with Gasteiger partial charge in [-0.25, -0.2) is 4.99 Å². The minimum absolute atomic E-state index is 0.139. The second-order valence-corrected chi connectivity index (χ2v) is 3.48. The van der Waals surface area contributed by atoms with Crippen molar-refractivity contribution in [3.05, 3.63) is 35.4 Å². The zero-order chi connectivity index (χ0) is 9.54. The molecule has 14 heavy (non-hydrogen) atoms. The van der Waals surface area contributed by atoms with Crippen molar-refractivity contribution in [2.75, 3.05) is 6.54 Å². The second kappa shape index (κ2) is 2.61. The number of fused-ring (bicyclic) bond motifs is 3. The van der Waals surface area contributed by atoms with Crippen molar-refractivity contribution in [1.82, 2.24) is 0 Å². The van der Waals surface area contributed by atoms with Gasteiger partial charge >= 0.3 is 0 Å². The lowest BCUT2D eigenvalue weighted by Crippen LogP contribution is -2.21. The van der Waals surface area contributed by atoms with Gasteiger partial charge < -0.3 is 0 Å². The van der Waals surface area contributed by atoms with E-state index in [9.17, 15) is 4.79 Å². The van der Waals surface area contributed by atoms with E-state index >= 15 is 0 Å². The van der Waals surface area contributed by atoms with Gasteiger partial charge in [-0.1, -0.05) is 18.2 Å². The predicted molar refractivity (Wildman–Crippen MR) is 54.3 cm³/mol. The predicted octanol–water partition coefficient (Wildman–Crippen LogP) is 1.45. The maximum Gasteiger partial charge on any atom is 0.277 e. The van der Waals surface area contributed by atoms with Crippen LogP contribution in [0.3, 0.4) is 0 Å². The first-order valence-electron chi connectivity index (χ1n) is 4.58. The van der Waals surface area contributed by atoms with Crippen LogP contribution in [0.15, 0.2) is 34.3 Å². The summed E-state index contributed by atoms with van der Waals surface area (Å²) in [5, 5.41) is 0. The molecule has 3 heteroatoms. The summed E-state index contributed by atoms with van der Waals surface area (Å²) in [7, 11) is 0. The van der Waals surface area contributed by atoms with Crippen LogP contribution < -0.4 is 0 Å². The second-order valence-electron chi connectivity index (χ2n) is 3.48. The molecule has 0 saturated carbocycles. The maximum absolute atomic E-state index is 11.6. The van der Waals surface area contributed by atoms with Crippen LogP contribution in [0.5, 0.6) is 0 Å². The largest absolute Gasteiger partial charge is 0.290 e. The third-order valence-corrected chi connectivity index (χ3v) is 2.67. The summed E-state index contributed by atoms with van der Waals surface area (Å²) >= 11 is 0. The first-order valence-corrected chi connectivity index (χ1v) is 4.58. The quantitative estimate of drug-likeness (QED) is 0.601. The van der Waals surface area contributed by atoms with E-state index in [0.29, 0.717) is 0 Å². The van der Waals surface area contributed by atoms with Crippen LogP contribution in [-0.4, -0.2) is 24.4 Å². The average Bonchev–Trinajstić information content (AvgIpc) is 2.66. The van der Waals surface area contributed by atoms with E-state index in [1.165, 1.54) is 0 Å². The van der Waals surface area contributed by atoms with Gasteiger partial charge in [0, 0.05) is 17.7 Å². The van der Waals surface area contributed by atoms with Crippen molar-refractivity contribution in [2.45, 2.75) is 5.92 Å². The fraction of sp³-hybridized carbons (Fsp3) is 0.182. The number of benzene rings is 1. The number of amides is 1. The molecule has 0 N–H and O–H groups in total. The van der Waals surface area contributed by atoms with Gasteiger partial charge in [0.1, 0.15) is 0 Å². The fourth-order valence-corrected chi connectivity index (χ4v) is 1.97. The van der Waals surface area contributed by atoms with Crippen LogP contribution in [0.2, 0.25) is 0 Å². The molecule has 3 nitrogen and oxygen atoms in total. The van der Waals surface area contributed by atoms with Gasteiger partial charge in [-0.2, -0.15) is 0 Å². The molecular formula is C11H8N2O. The van der Waals surface area contributed by atoms with E-state index in [1.54, 1.807) is 6.21 Å². The highest BCUT2D eigenvalue weighted by molar-refractivity contribution is 6.38. The van der Waals surface area contributed by atoms with Gasteiger partial charge in [-0.3, -0.25) is 9.79 Å². The Hall–Kier alpha value is -1.77. The first kappa shape index (κ1) is 7.62. The summed E-state index contributed by atoms with van der Waals surface area (Å²) in [5.74, 6) is 0.0732. The van der Waals surface area contributed by atoms with Crippen LogP contribution >= 0.6 is 0 Å². The number of aliphatic imine (C=N–C) groups is 2. The molecule has 1 atom stereocenters. The van der Waals surface area contributed by atoms with Crippen molar-refractivity contribution in [2.24, 2.45) is 9.98 Å². The molecule has 0 aliphatic carbocycles. The van der Waals surface area contributed by atoms with Crippen LogP contribution in [0.4, 0.5) is 0 Å². The van der Waals surface area contributed by atoms with Crippen LogP contribution in [-0.2, 0) is 0 Å². The standard InChI is InChI=1S/C11H8N2O/c14-11-8-4-2-1-3-7(8)9-5-12-6-10(9)13-11/h1-4,6,9H,5H2. The van der Waals surface area contributed by atoms with Crippen molar-refractivity contribution in [1.29, 1.82) is 0 Å². The Bertz CT molecular complexity index is 474. The monoisotopic (exact) mass is 184 g/mol. The Kier molecular flexibility index (Phi) is 1.42. The molecule has 0 fully saturated rings. The molecule has 2 heterocycles. The zero-order valence-electron chi connectivity index (χ0n) is 7.47. The SMILES string of the molecule is O=C1N=C2C=NCC2c2ccccc21. The van der Waals surface area contributed by atoms with Gasteiger partial charge in [0.25, 0.3) is 5.91 Å². The molecule has 1 unspecified atom stereocenters. The first-order chi connectivity index (χ1) is 6.86. The Morgan fingerprint density at radius 2 is 2.14 bits per heavy atom. The number of rotatable bonds is 0. The molecule has 0 saturated heterocycles. The summed E-state index contributed by atoms with van der Waals surface area (Å²) in [6, 6.07) is 7.64. The lowest BCUT2D eigenvalue weighted by atomic mass is 9.89. The Morgan fingerprint density at radius 3 is 3.07 bits per heavy atom. The molecule has 1 amide bonds. The molecule has 0 radical (unpaired) electrons. The maximum atomic E-state index is 11.6. The minimum Gasteiger partial charge on any atom is -0.290 e. The lowest BCUT2D eigenvalue weighted by Gasteiger charge is -2.17. The molecule has 3 rings (SSSR count). The Morgan fingerprint density at radius 1 is 1.29 bits per heavy atom. The molecule has 0 spiro atoms. The number of hydrogen-bond acceptors (Lipinski definition) is 2. The van der Waals surface area contributed by atoms with E-state index in [2.05, 4.69) is 9.98 Å². The van der Waals surface area contributed by atoms with Crippen LogP contribution in [0.1, 0.15) is 21.8 Å². The normalized spacial score (nSPS) is 23.0. The third kappa shape index (κ3) is 0.894. The Balaban J connectivity index is 2.23. The summed E-state index contributed by atoms with van der Waals surface area (Å²) < 4.78 is 0. The smallest absolute Gasteiger partial charge is 0.277 e. The molecule has 2 aliphatic rings. The fourth-order valence-electron chi connectivity index (χ4n) is 1.97.